The molecular formula is C16H25Br. The van der Waals surface area contributed by atoms with Crippen LogP contribution >= 0.6 is 15.9 Å². The Morgan fingerprint density at radius 2 is 1.65 bits per heavy atom. The topological polar surface area (TPSA) is 0 Å². The van der Waals surface area contributed by atoms with Gasteiger partial charge in [-0.3, -0.25) is 0 Å². The van der Waals surface area contributed by atoms with Crippen LogP contribution < -0.4 is 0 Å². The first-order chi connectivity index (χ1) is 8.22. The first kappa shape index (κ1) is 14.8. The van der Waals surface area contributed by atoms with Crippen molar-refractivity contribution < 1.29 is 0 Å². The molecule has 0 aromatic heterocycles. The van der Waals surface area contributed by atoms with Gasteiger partial charge in [-0.15, -0.1) is 0 Å². The maximum Gasteiger partial charge on any atom is 0.0175 e. The minimum absolute atomic E-state index is 0.817. The fraction of sp³-hybridized carbons (Fsp3) is 0.625. The van der Waals surface area contributed by atoms with Crippen molar-refractivity contribution in [2.24, 2.45) is 5.92 Å². The molecule has 96 valence electrons. The maximum absolute atomic E-state index is 3.48. The molecule has 1 atom stereocenters. The molecule has 0 aliphatic heterocycles. The minimum Gasteiger partial charge on any atom is -0.0654 e. The highest BCUT2D eigenvalue weighted by atomic mass is 79.9. The molecular weight excluding hydrogens is 272 g/mol. The van der Waals surface area contributed by atoms with Gasteiger partial charge in [-0.25, -0.2) is 0 Å². The summed E-state index contributed by atoms with van der Waals surface area (Å²) in [6.07, 6.45) is 9.58. The van der Waals surface area contributed by atoms with Crippen LogP contribution in [-0.4, -0.2) is 0 Å². The fourth-order valence-electron chi connectivity index (χ4n) is 2.22. The quantitative estimate of drug-likeness (QED) is 0.517. The molecule has 0 heterocycles. The molecule has 0 N–H and O–H groups in total. The van der Waals surface area contributed by atoms with Crippen molar-refractivity contribution in [2.45, 2.75) is 58.8 Å². The number of benzene rings is 1. The third kappa shape index (κ3) is 6.88. The number of halogens is 1. The lowest BCUT2D eigenvalue weighted by molar-refractivity contribution is 0.483. The molecule has 0 saturated carbocycles. The third-order valence-electron chi connectivity index (χ3n) is 3.30. The van der Waals surface area contributed by atoms with Gasteiger partial charge in [0.1, 0.15) is 0 Å². The van der Waals surface area contributed by atoms with Gasteiger partial charge in [0.2, 0.25) is 0 Å². The molecule has 0 spiro atoms. The molecule has 0 aliphatic carbocycles. The van der Waals surface area contributed by atoms with E-state index in [1.165, 1.54) is 55.0 Å². The van der Waals surface area contributed by atoms with E-state index in [4.69, 9.17) is 0 Å². The number of hydrogen-bond acceptors (Lipinski definition) is 0. The second-order valence-electron chi connectivity index (χ2n) is 5.14. The average molecular weight is 297 g/mol. The molecule has 0 bridgehead atoms. The normalized spacial score (nSPS) is 12.6. The van der Waals surface area contributed by atoms with Crippen LogP contribution in [-0.2, 0) is 6.42 Å². The van der Waals surface area contributed by atoms with Gasteiger partial charge in [0.25, 0.3) is 0 Å². The molecule has 0 radical (unpaired) electrons. The van der Waals surface area contributed by atoms with Crippen molar-refractivity contribution in [3.8, 4) is 0 Å². The molecule has 0 aliphatic rings. The molecule has 1 unspecified atom stereocenters. The van der Waals surface area contributed by atoms with E-state index < -0.39 is 0 Å². The Balaban J connectivity index is 2.16. The van der Waals surface area contributed by atoms with Crippen LogP contribution in [0.3, 0.4) is 0 Å². The Labute approximate surface area is 115 Å². The number of unbranched alkanes of at least 4 members (excludes halogenated alkanes) is 4. The zero-order chi connectivity index (χ0) is 12.5. The molecule has 0 fully saturated rings. The van der Waals surface area contributed by atoms with Gasteiger partial charge >= 0.3 is 0 Å². The van der Waals surface area contributed by atoms with Crippen LogP contribution in [0.5, 0.6) is 0 Å². The van der Waals surface area contributed by atoms with Gasteiger partial charge in [-0.05, 0) is 30.0 Å². The van der Waals surface area contributed by atoms with Crippen LogP contribution in [0.4, 0.5) is 0 Å². The predicted octanol–water partition coefficient (Wildman–Crippen LogP) is 5.99. The minimum atomic E-state index is 0.817. The smallest absolute Gasteiger partial charge is 0.0175 e. The summed E-state index contributed by atoms with van der Waals surface area (Å²) in [4.78, 5) is 0. The Morgan fingerprint density at radius 1 is 1.00 bits per heavy atom. The van der Waals surface area contributed by atoms with Crippen molar-refractivity contribution >= 4 is 15.9 Å². The second kappa shape index (κ2) is 8.74. The van der Waals surface area contributed by atoms with E-state index in [0.29, 0.717) is 0 Å². The van der Waals surface area contributed by atoms with Gasteiger partial charge in [0.15, 0.2) is 0 Å². The van der Waals surface area contributed by atoms with Crippen LogP contribution in [0.25, 0.3) is 0 Å². The monoisotopic (exact) mass is 296 g/mol. The van der Waals surface area contributed by atoms with Crippen molar-refractivity contribution in [2.75, 3.05) is 0 Å². The Morgan fingerprint density at radius 3 is 2.29 bits per heavy atom. The first-order valence-corrected chi connectivity index (χ1v) is 7.76. The van der Waals surface area contributed by atoms with Crippen molar-refractivity contribution in [3.05, 3.63) is 34.3 Å². The summed E-state index contributed by atoms with van der Waals surface area (Å²) in [6, 6.07) is 8.75. The van der Waals surface area contributed by atoms with Crippen molar-refractivity contribution in [1.82, 2.24) is 0 Å². The lowest BCUT2D eigenvalue weighted by Gasteiger charge is -2.11. The van der Waals surface area contributed by atoms with E-state index in [0.717, 1.165) is 5.92 Å². The summed E-state index contributed by atoms with van der Waals surface area (Å²) in [6.45, 7) is 4.65. The van der Waals surface area contributed by atoms with E-state index in [1.807, 2.05) is 0 Å². The Hall–Kier alpha value is -0.300. The molecule has 0 amide bonds. The average Bonchev–Trinajstić information content (AvgIpc) is 2.32. The largest absolute Gasteiger partial charge is 0.0654 e. The number of rotatable bonds is 8. The summed E-state index contributed by atoms with van der Waals surface area (Å²) in [5.41, 5.74) is 1.47. The van der Waals surface area contributed by atoms with Crippen LogP contribution in [0, 0.1) is 5.92 Å². The van der Waals surface area contributed by atoms with Crippen molar-refractivity contribution in [3.63, 3.8) is 0 Å². The third-order valence-corrected chi connectivity index (χ3v) is 3.83. The SMILES string of the molecule is CCCCCCCC(C)Cc1ccc(Br)cc1. The molecule has 1 aromatic carbocycles. The molecule has 1 rings (SSSR count). The lowest BCUT2D eigenvalue weighted by Crippen LogP contribution is -1.99. The molecule has 1 heteroatoms. The van der Waals surface area contributed by atoms with E-state index in [2.05, 4.69) is 54.0 Å². The van der Waals surface area contributed by atoms with Gasteiger partial charge < -0.3 is 0 Å². The van der Waals surface area contributed by atoms with Crippen LogP contribution in [0.15, 0.2) is 28.7 Å². The van der Waals surface area contributed by atoms with Crippen molar-refractivity contribution in [1.29, 1.82) is 0 Å². The highest BCUT2D eigenvalue weighted by Crippen LogP contribution is 2.18. The molecule has 1 aromatic rings. The van der Waals surface area contributed by atoms with E-state index in [-0.39, 0.29) is 0 Å². The van der Waals surface area contributed by atoms with E-state index in [9.17, 15) is 0 Å². The lowest BCUT2D eigenvalue weighted by atomic mass is 9.95. The standard InChI is InChI=1S/C16H25Br/c1-3-4-5-6-7-8-14(2)13-15-9-11-16(17)12-10-15/h9-12,14H,3-8,13H2,1-2H3. The summed E-state index contributed by atoms with van der Waals surface area (Å²) in [5.74, 6) is 0.817. The Bertz CT molecular complexity index is 289. The van der Waals surface area contributed by atoms with E-state index >= 15 is 0 Å². The highest BCUT2D eigenvalue weighted by molar-refractivity contribution is 9.10. The predicted molar refractivity (Wildman–Crippen MR) is 80.4 cm³/mol. The van der Waals surface area contributed by atoms with Gasteiger partial charge in [-0.1, -0.05) is 80.4 Å². The fourth-order valence-corrected chi connectivity index (χ4v) is 2.49. The van der Waals surface area contributed by atoms with Gasteiger partial charge in [0.05, 0.1) is 0 Å². The van der Waals surface area contributed by atoms with Crippen LogP contribution in [0.1, 0.15) is 57.9 Å². The van der Waals surface area contributed by atoms with Crippen LogP contribution in [0.2, 0.25) is 0 Å². The first-order valence-electron chi connectivity index (χ1n) is 6.96. The summed E-state index contributed by atoms with van der Waals surface area (Å²) in [7, 11) is 0. The Kier molecular flexibility index (Phi) is 7.59. The zero-order valence-electron chi connectivity index (χ0n) is 11.2. The molecule has 17 heavy (non-hydrogen) atoms. The highest BCUT2D eigenvalue weighted by Gasteiger charge is 2.03. The molecule has 0 nitrogen and oxygen atoms in total. The zero-order valence-corrected chi connectivity index (χ0v) is 12.8. The summed E-state index contributed by atoms with van der Waals surface area (Å²) in [5, 5.41) is 0. The second-order valence-corrected chi connectivity index (χ2v) is 6.05. The number of hydrogen-bond donors (Lipinski definition) is 0. The summed E-state index contributed by atoms with van der Waals surface area (Å²) < 4.78 is 1.17. The summed E-state index contributed by atoms with van der Waals surface area (Å²) >= 11 is 3.48. The van der Waals surface area contributed by atoms with Gasteiger partial charge in [-0.2, -0.15) is 0 Å². The van der Waals surface area contributed by atoms with E-state index in [1.54, 1.807) is 0 Å². The van der Waals surface area contributed by atoms with Gasteiger partial charge in [0, 0.05) is 4.47 Å². The maximum atomic E-state index is 3.48. The molecule has 0 saturated heterocycles.